The first kappa shape index (κ1) is 13.5. The molecule has 106 valence electrons. The summed E-state index contributed by atoms with van der Waals surface area (Å²) in [7, 11) is 0. The van der Waals surface area contributed by atoms with Crippen molar-refractivity contribution in [3.63, 3.8) is 0 Å². The monoisotopic (exact) mass is 300 g/mol. The Morgan fingerprint density at radius 1 is 1.24 bits per heavy atom. The highest BCUT2D eigenvalue weighted by molar-refractivity contribution is 6.31. The Morgan fingerprint density at radius 2 is 2.05 bits per heavy atom. The van der Waals surface area contributed by atoms with E-state index in [2.05, 4.69) is 5.32 Å². The number of carbonyl (C=O) groups excluding carboxylic acids is 1. The van der Waals surface area contributed by atoms with Crippen molar-refractivity contribution in [1.29, 1.82) is 0 Å². The maximum absolute atomic E-state index is 12.3. The van der Waals surface area contributed by atoms with Gasteiger partial charge in [0.25, 0.3) is 5.91 Å². The number of hydrogen-bond donors (Lipinski definition) is 2. The Bertz CT molecular complexity index is 839. The summed E-state index contributed by atoms with van der Waals surface area (Å²) in [6.45, 7) is 1.84. The van der Waals surface area contributed by atoms with Gasteiger partial charge in [-0.25, -0.2) is 0 Å². The van der Waals surface area contributed by atoms with E-state index >= 15 is 0 Å². The van der Waals surface area contributed by atoms with Gasteiger partial charge in [-0.1, -0.05) is 17.7 Å². The fraction of sp³-hybridized carbons (Fsp3) is 0.0625. The molecule has 2 aromatic carbocycles. The number of carbonyl (C=O) groups is 1. The third-order valence-corrected chi connectivity index (χ3v) is 3.69. The summed E-state index contributed by atoms with van der Waals surface area (Å²) in [5.41, 5.74) is 8.43. The lowest BCUT2D eigenvalue weighted by atomic mass is 10.2. The predicted octanol–water partition coefficient (Wildman–Crippen LogP) is 4.23. The van der Waals surface area contributed by atoms with Crippen molar-refractivity contribution in [3.8, 4) is 0 Å². The highest BCUT2D eigenvalue weighted by Gasteiger charge is 2.14. The van der Waals surface area contributed by atoms with Crippen LogP contribution in [0, 0.1) is 6.92 Å². The zero-order valence-corrected chi connectivity index (χ0v) is 12.1. The van der Waals surface area contributed by atoms with E-state index < -0.39 is 0 Å². The Balaban J connectivity index is 1.91. The molecular formula is C16H13ClN2O2. The summed E-state index contributed by atoms with van der Waals surface area (Å²) in [5.74, 6) is -0.0925. The van der Waals surface area contributed by atoms with E-state index in [1.807, 2.05) is 6.92 Å². The van der Waals surface area contributed by atoms with E-state index in [1.165, 1.54) is 0 Å². The van der Waals surface area contributed by atoms with Gasteiger partial charge in [0.05, 0.1) is 0 Å². The molecule has 0 saturated heterocycles. The molecule has 3 rings (SSSR count). The summed E-state index contributed by atoms with van der Waals surface area (Å²) in [6.07, 6.45) is 0. The van der Waals surface area contributed by atoms with Gasteiger partial charge in [0.2, 0.25) is 0 Å². The molecule has 0 fully saturated rings. The van der Waals surface area contributed by atoms with Crippen molar-refractivity contribution < 1.29 is 9.21 Å². The van der Waals surface area contributed by atoms with Crippen LogP contribution in [0.2, 0.25) is 5.02 Å². The molecule has 0 aliphatic carbocycles. The van der Waals surface area contributed by atoms with Crippen LogP contribution in [0.4, 0.5) is 11.4 Å². The Hall–Kier alpha value is -2.46. The van der Waals surface area contributed by atoms with Crippen LogP contribution >= 0.6 is 11.6 Å². The third-order valence-electron chi connectivity index (χ3n) is 3.28. The van der Waals surface area contributed by atoms with Gasteiger partial charge < -0.3 is 15.5 Å². The van der Waals surface area contributed by atoms with Gasteiger partial charge in [-0.05, 0) is 48.9 Å². The van der Waals surface area contributed by atoms with Crippen LogP contribution in [0.1, 0.15) is 16.1 Å². The summed E-state index contributed by atoms with van der Waals surface area (Å²) < 4.78 is 5.53. The van der Waals surface area contributed by atoms with Crippen LogP contribution in [0.15, 0.2) is 46.9 Å². The molecule has 3 aromatic rings. The van der Waals surface area contributed by atoms with Gasteiger partial charge in [-0.2, -0.15) is 0 Å². The average molecular weight is 301 g/mol. The highest BCUT2D eigenvalue weighted by Crippen LogP contribution is 2.25. The Morgan fingerprint density at radius 3 is 2.86 bits per heavy atom. The summed E-state index contributed by atoms with van der Waals surface area (Å²) in [6, 6.07) is 12.3. The molecule has 1 heterocycles. The molecule has 0 aliphatic heterocycles. The first-order valence-electron chi connectivity index (χ1n) is 6.40. The number of fused-ring (bicyclic) bond motifs is 1. The molecule has 5 heteroatoms. The van der Waals surface area contributed by atoms with E-state index in [9.17, 15) is 4.79 Å². The molecule has 0 bridgehead atoms. The molecule has 0 aliphatic rings. The van der Waals surface area contributed by atoms with Crippen molar-refractivity contribution in [2.45, 2.75) is 6.92 Å². The average Bonchev–Trinajstić information content (AvgIpc) is 2.87. The van der Waals surface area contributed by atoms with E-state index in [4.69, 9.17) is 21.8 Å². The SMILES string of the molecule is Cc1c(Cl)cccc1NC(=O)c1cc2cc(N)ccc2o1. The van der Waals surface area contributed by atoms with Crippen LogP contribution < -0.4 is 11.1 Å². The number of anilines is 2. The Kier molecular flexibility index (Phi) is 3.31. The zero-order chi connectivity index (χ0) is 15.0. The number of furan rings is 1. The van der Waals surface area contributed by atoms with Crippen LogP contribution in [0.5, 0.6) is 0 Å². The lowest BCUT2D eigenvalue weighted by Crippen LogP contribution is -2.11. The summed E-state index contributed by atoms with van der Waals surface area (Å²) in [4.78, 5) is 12.3. The van der Waals surface area contributed by atoms with Gasteiger partial charge in [-0.15, -0.1) is 0 Å². The molecule has 1 aromatic heterocycles. The minimum atomic E-state index is -0.324. The molecular weight excluding hydrogens is 288 g/mol. The van der Waals surface area contributed by atoms with Gasteiger partial charge in [0, 0.05) is 21.8 Å². The normalized spacial score (nSPS) is 10.8. The van der Waals surface area contributed by atoms with Crippen molar-refractivity contribution >= 4 is 39.9 Å². The number of nitrogens with two attached hydrogens (primary N) is 1. The van der Waals surface area contributed by atoms with E-state index in [0.29, 0.717) is 22.0 Å². The maximum atomic E-state index is 12.3. The molecule has 4 nitrogen and oxygen atoms in total. The van der Waals surface area contributed by atoms with Gasteiger partial charge in [0.15, 0.2) is 5.76 Å². The number of hydrogen-bond acceptors (Lipinski definition) is 3. The van der Waals surface area contributed by atoms with Gasteiger partial charge in [-0.3, -0.25) is 4.79 Å². The Labute approximate surface area is 126 Å². The molecule has 0 radical (unpaired) electrons. The second-order valence-electron chi connectivity index (χ2n) is 4.77. The summed E-state index contributed by atoms with van der Waals surface area (Å²) in [5, 5.41) is 4.19. The topological polar surface area (TPSA) is 68.3 Å². The molecule has 1 amide bonds. The van der Waals surface area contributed by atoms with Crippen molar-refractivity contribution in [3.05, 3.63) is 58.8 Å². The maximum Gasteiger partial charge on any atom is 0.291 e. The van der Waals surface area contributed by atoms with Crippen LogP contribution in [0.25, 0.3) is 11.0 Å². The van der Waals surface area contributed by atoms with E-state index in [0.717, 1.165) is 10.9 Å². The van der Waals surface area contributed by atoms with Crippen molar-refractivity contribution in [2.75, 3.05) is 11.1 Å². The standard InChI is InChI=1S/C16H13ClN2O2/c1-9-12(17)3-2-4-13(9)19-16(20)15-8-10-7-11(18)5-6-14(10)21-15/h2-8H,18H2,1H3,(H,19,20). The minimum Gasteiger partial charge on any atom is -0.451 e. The first-order chi connectivity index (χ1) is 10.0. The van der Waals surface area contributed by atoms with Crippen molar-refractivity contribution in [2.24, 2.45) is 0 Å². The number of nitrogen functional groups attached to an aromatic ring is 1. The van der Waals surface area contributed by atoms with Crippen LogP contribution in [0.3, 0.4) is 0 Å². The fourth-order valence-corrected chi connectivity index (χ4v) is 2.28. The minimum absolute atomic E-state index is 0.231. The predicted molar refractivity (Wildman–Crippen MR) is 84.8 cm³/mol. The molecule has 21 heavy (non-hydrogen) atoms. The smallest absolute Gasteiger partial charge is 0.291 e. The third kappa shape index (κ3) is 2.58. The molecule has 0 saturated carbocycles. The zero-order valence-electron chi connectivity index (χ0n) is 11.3. The first-order valence-corrected chi connectivity index (χ1v) is 6.78. The second-order valence-corrected chi connectivity index (χ2v) is 5.18. The van der Waals surface area contributed by atoms with Gasteiger partial charge >= 0.3 is 0 Å². The largest absolute Gasteiger partial charge is 0.451 e. The highest BCUT2D eigenvalue weighted by atomic mass is 35.5. The molecule has 3 N–H and O–H groups in total. The van der Waals surface area contributed by atoms with E-state index in [-0.39, 0.29) is 11.7 Å². The molecule has 0 atom stereocenters. The fourth-order valence-electron chi connectivity index (χ4n) is 2.10. The number of nitrogens with one attached hydrogen (secondary N) is 1. The quantitative estimate of drug-likeness (QED) is 0.696. The number of rotatable bonds is 2. The van der Waals surface area contributed by atoms with E-state index in [1.54, 1.807) is 42.5 Å². The number of amides is 1. The van der Waals surface area contributed by atoms with Gasteiger partial charge in [0.1, 0.15) is 5.58 Å². The molecule has 0 spiro atoms. The van der Waals surface area contributed by atoms with Crippen LogP contribution in [-0.4, -0.2) is 5.91 Å². The number of benzene rings is 2. The van der Waals surface area contributed by atoms with Crippen molar-refractivity contribution in [1.82, 2.24) is 0 Å². The number of halogens is 1. The van der Waals surface area contributed by atoms with Crippen LogP contribution in [-0.2, 0) is 0 Å². The lowest BCUT2D eigenvalue weighted by Gasteiger charge is -2.07. The lowest BCUT2D eigenvalue weighted by molar-refractivity contribution is 0.0998. The molecule has 0 unspecified atom stereocenters. The summed E-state index contributed by atoms with van der Waals surface area (Å²) >= 11 is 6.04. The second kappa shape index (κ2) is 5.14.